The number of aliphatic hydroxyl groups is 1. The maximum absolute atomic E-state index is 12.6. The molecule has 34 heavy (non-hydrogen) atoms. The van der Waals surface area contributed by atoms with Crippen molar-refractivity contribution in [3.8, 4) is 11.1 Å². The third-order valence-electron chi connectivity index (χ3n) is 6.17. The van der Waals surface area contributed by atoms with Gasteiger partial charge in [-0.15, -0.1) is 0 Å². The van der Waals surface area contributed by atoms with Gasteiger partial charge >= 0.3 is 12.1 Å². The van der Waals surface area contributed by atoms with Crippen molar-refractivity contribution in [2.75, 3.05) is 19.7 Å². The van der Waals surface area contributed by atoms with E-state index in [1.165, 1.54) is 0 Å². The first-order valence-corrected chi connectivity index (χ1v) is 10.6. The average Bonchev–Trinajstić information content (AvgIpc) is 3.41. The van der Waals surface area contributed by atoms with Gasteiger partial charge in [-0.2, -0.15) is 0 Å². The second-order valence-electron chi connectivity index (χ2n) is 8.30. The van der Waals surface area contributed by atoms with Gasteiger partial charge in [0.05, 0.1) is 19.6 Å². The molecule has 1 saturated heterocycles. The summed E-state index contributed by atoms with van der Waals surface area (Å²) < 4.78 is 10.7. The zero-order valence-electron chi connectivity index (χ0n) is 17.9. The van der Waals surface area contributed by atoms with Crippen LogP contribution in [0.3, 0.4) is 0 Å². The quantitative estimate of drug-likeness (QED) is 0.504. The van der Waals surface area contributed by atoms with Gasteiger partial charge < -0.3 is 29.6 Å². The molecular formula is C24H21N3O7. The Bertz CT molecular complexity index is 1230. The number of alkyl carbamates (subject to hydrolysis) is 1. The van der Waals surface area contributed by atoms with Gasteiger partial charge in [0, 0.05) is 5.92 Å². The highest BCUT2D eigenvalue weighted by Crippen LogP contribution is 2.44. The maximum atomic E-state index is 12.6. The second kappa shape index (κ2) is 8.31. The minimum atomic E-state index is -1.96. The maximum Gasteiger partial charge on any atom is 0.407 e. The Balaban J connectivity index is 1.18. The number of carbonyl (C=O) groups is 3. The molecule has 1 aliphatic carbocycles. The molecule has 5 rings (SSSR count). The molecule has 0 radical (unpaired) electrons. The molecule has 1 fully saturated rings. The zero-order chi connectivity index (χ0) is 23.9. The van der Waals surface area contributed by atoms with Crippen LogP contribution < -0.4 is 5.32 Å². The van der Waals surface area contributed by atoms with Crippen molar-refractivity contribution in [2.45, 2.75) is 18.1 Å². The van der Waals surface area contributed by atoms with Crippen molar-refractivity contribution in [1.29, 1.82) is 0 Å². The number of carboxylic acid groups (broad SMARTS) is 1. The highest BCUT2D eigenvalue weighted by molar-refractivity contribution is 5.96. The minimum absolute atomic E-state index is 0.0635. The molecule has 0 spiro atoms. The number of oxazole rings is 1. The van der Waals surface area contributed by atoms with E-state index in [1.807, 2.05) is 48.5 Å². The first-order chi connectivity index (χ1) is 16.4. The van der Waals surface area contributed by atoms with Crippen LogP contribution >= 0.6 is 0 Å². The van der Waals surface area contributed by atoms with Crippen LogP contribution in [0.15, 0.2) is 59.3 Å². The van der Waals surface area contributed by atoms with Crippen LogP contribution in [0, 0.1) is 0 Å². The van der Waals surface area contributed by atoms with Gasteiger partial charge in [0.15, 0.2) is 23.4 Å². The monoisotopic (exact) mass is 463 g/mol. The number of hydrogen-bond acceptors (Lipinski definition) is 7. The summed E-state index contributed by atoms with van der Waals surface area (Å²) in [5.41, 5.74) is 2.41. The Hall–Kier alpha value is -4.18. The number of amides is 2. The summed E-state index contributed by atoms with van der Waals surface area (Å²) in [5, 5.41) is 21.3. The van der Waals surface area contributed by atoms with Crippen LogP contribution in [-0.4, -0.2) is 63.4 Å². The van der Waals surface area contributed by atoms with Crippen LogP contribution in [0.2, 0.25) is 0 Å². The van der Waals surface area contributed by atoms with E-state index in [1.54, 1.807) is 0 Å². The van der Waals surface area contributed by atoms with E-state index in [0.29, 0.717) is 0 Å². The smallest absolute Gasteiger partial charge is 0.407 e. The number of nitrogens with zero attached hydrogens (tertiary/aromatic N) is 2. The van der Waals surface area contributed by atoms with Crippen molar-refractivity contribution < 1.29 is 33.8 Å². The molecule has 2 amide bonds. The molecule has 0 atom stereocenters. The highest BCUT2D eigenvalue weighted by Gasteiger charge is 2.50. The van der Waals surface area contributed by atoms with Gasteiger partial charge in [-0.3, -0.25) is 4.79 Å². The van der Waals surface area contributed by atoms with E-state index in [-0.39, 0.29) is 43.6 Å². The second-order valence-corrected chi connectivity index (χ2v) is 8.30. The molecular weight excluding hydrogens is 442 g/mol. The van der Waals surface area contributed by atoms with E-state index in [2.05, 4.69) is 10.3 Å². The zero-order valence-corrected chi connectivity index (χ0v) is 17.9. The predicted octanol–water partition coefficient (Wildman–Crippen LogP) is 1.98. The number of aromatic nitrogens is 1. The fourth-order valence-corrected chi connectivity index (χ4v) is 4.39. The Morgan fingerprint density at radius 1 is 1.09 bits per heavy atom. The number of ether oxygens (including phenoxy) is 1. The number of hydrogen-bond donors (Lipinski definition) is 3. The summed E-state index contributed by atoms with van der Waals surface area (Å²) in [5.74, 6) is -1.97. The van der Waals surface area contributed by atoms with Gasteiger partial charge in [0.1, 0.15) is 6.61 Å². The van der Waals surface area contributed by atoms with Crippen LogP contribution in [0.4, 0.5) is 4.79 Å². The first kappa shape index (κ1) is 21.7. The number of nitrogens with one attached hydrogen (secondary N) is 1. The Labute approximate surface area is 193 Å². The Morgan fingerprint density at radius 3 is 2.32 bits per heavy atom. The van der Waals surface area contributed by atoms with Gasteiger partial charge in [0.25, 0.3) is 5.91 Å². The van der Waals surface area contributed by atoms with Crippen LogP contribution in [0.5, 0.6) is 0 Å². The lowest BCUT2D eigenvalue weighted by molar-refractivity contribution is -0.173. The lowest BCUT2D eigenvalue weighted by atomic mass is 9.94. The first-order valence-electron chi connectivity index (χ1n) is 10.6. The van der Waals surface area contributed by atoms with Gasteiger partial charge in [-0.25, -0.2) is 14.6 Å². The standard InChI is InChI=1S/C24H21N3O7/c28-21(27-11-24(32,12-27)22(29)30)20-19(34-13-26-20)9-25-23(31)33-10-18-16-7-3-1-5-14(16)15-6-2-4-8-17(15)18/h1-8,13,18,32H,9-12H2,(H,25,31)(H,29,30). The molecule has 0 bridgehead atoms. The molecule has 1 aliphatic heterocycles. The van der Waals surface area contributed by atoms with E-state index in [9.17, 15) is 19.5 Å². The molecule has 1 aromatic heterocycles. The number of β-amino-alcohol motifs (C(OH)–C–C–N with tert-alkyl or cyclic N) is 1. The SMILES string of the molecule is O=C(NCc1ocnc1C(=O)N1CC(O)(C(=O)O)C1)OCC1c2ccccc2-c2ccccc21. The Morgan fingerprint density at radius 2 is 1.71 bits per heavy atom. The van der Waals surface area contributed by atoms with Crippen molar-refractivity contribution in [1.82, 2.24) is 15.2 Å². The molecule has 2 aliphatic rings. The average molecular weight is 463 g/mol. The normalized spacial score (nSPS) is 15.7. The summed E-state index contributed by atoms with van der Waals surface area (Å²) in [6.45, 7) is -0.709. The topological polar surface area (TPSA) is 142 Å². The van der Waals surface area contributed by atoms with Crippen molar-refractivity contribution in [3.63, 3.8) is 0 Å². The Kier molecular flexibility index (Phi) is 5.29. The van der Waals surface area contributed by atoms with E-state index in [4.69, 9.17) is 14.3 Å². The van der Waals surface area contributed by atoms with Gasteiger partial charge in [-0.1, -0.05) is 48.5 Å². The number of fused-ring (bicyclic) bond motifs is 3. The van der Waals surface area contributed by atoms with E-state index in [0.717, 1.165) is 33.5 Å². The molecule has 10 nitrogen and oxygen atoms in total. The van der Waals surface area contributed by atoms with Gasteiger partial charge in [-0.05, 0) is 22.3 Å². The highest BCUT2D eigenvalue weighted by atomic mass is 16.5. The third-order valence-corrected chi connectivity index (χ3v) is 6.17. The number of carbonyl (C=O) groups excluding carboxylic acids is 2. The molecule has 3 aromatic rings. The summed E-state index contributed by atoms with van der Waals surface area (Å²) in [7, 11) is 0. The minimum Gasteiger partial charge on any atom is -0.479 e. The molecule has 174 valence electrons. The number of rotatable bonds is 6. The lowest BCUT2D eigenvalue weighted by Gasteiger charge is -2.42. The van der Waals surface area contributed by atoms with Crippen LogP contribution in [0.1, 0.15) is 33.3 Å². The van der Waals surface area contributed by atoms with Crippen molar-refractivity contribution in [3.05, 3.63) is 77.5 Å². The largest absolute Gasteiger partial charge is 0.479 e. The van der Waals surface area contributed by atoms with Crippen molar-refractivity contribution >= 4 is 18.0 Å². The lowest BCUT2D eigenvalue weighted by Crippen LogP contribution is -2.67. The van der Waals surface area contributed by atoms with Crippen molar-refractivity contribution in [2.24, 2.45) is 0 Å². The van der Waals surface area contributed by atoms with Crippen LogP contribution in [-0.2, 0) is 16.1 Å². The van der Waals surface area contributed by atoms with E-state index < -0.39 is 23.6 Å². The van der Waals surface area contributed by atoms with Crippen LogP contribution in [0.25, 0.3) is 11.1 Å². The molecule has 0 saturated carbocycles. The summed E-state index contributed by atoms with van der Waals surface area (Å²) in [4.78, 5) is 40.9. The fourth-order valence-electron chi connectivity index (χ4n) is 4.39. The number of carboxylic acids is 1. The summed E-state index contributed by atoms with van der Waals surface area (Å²) >= 11 is 0. The number of likely N-dealkylation sites (tertiary alicyclic amines) is 1. The molecule has 3 N–H and O–H groups in total. The molecule has 10 heteroatoms. The van der Waals surface area contributed by atoms with E-state index >= 15 is 0 Å². The molecule has 2 heterocycles. The summed E-state index contributed by atoms with van der Waals surface area (Å²) in [6.07, 6.45) is 0.381. The van der Waals surface area contributed by atoms with Gasteiger partial charge in [0.2, 0.25) is 0 Å². The fraction of sp³-hybridized carbons (Fsp3) is 0.250. The predicted molar refractivity (Wildman–Crippen MR) is 117 cm³/mol. The number of benzene rings is 2. The molecule has 0 unspecified atom stereocenters. The molecule has 2 aromatic carbocycles. The number of aliphatic carboxylic acids is 1. The third kappa shape index (κ3) is 3.67. The summed E-state index contributed by atoms with van der Waals surface area (Å²) in [6, 6.07) is 16.0.